The molecule has 34 heavy (non-hydrogen) atoms. The molecule has 0 saturated heterocycles. The number of urea groups is 1. The van der Waals surface area contributed by atoms with Gasteiger partial charge in [-0.15, -0.1) is 0 Å². The first-order valence-electron chi connectivity index (χ1n) is 9.97. The number of anilines is 2. The van der Waals surface area contributed by atoms with E-state index in [1.165, 1.54) is 12.1 Å². The van der Waals surface area contributed by atoms with Crippen LogP contribution in [0, 0.1) is 0 Å². The maximum absolute atomic E-state index is 12.6. The van der Waals surface area contributed by atoms with Gasteiger partial charge in [-0.05, 0) is 46.3 Å². The molecule has 2 heterocycles. The zero-order valence-corrected chi connectivity index (χ0v) is 19.7. The molecule has 0 fully saturated rings. The fourth-order valence-corrected chi connectivity index (χ4v) is 3.73. The molecule has 0 aliphatic rings. The van der Waals surface area contributed by atoms with Gasteiger partial charge in [-0.1, -0.05) is 29.8 Å². The van der Waals surface area contributed by atoms with Gasteiger partial charge >= 0.3 is 12.2 Å². The van der Waals surface area contributed by atoms with Crippen LogP contribution in [-0.2, 0) is 6.18 Å². The SMILES string of the molecule is O=C(NCCNc1cc(-c2ccccc2Cl)nc2c(Br)cnn12)Nc1ccc(C(F)(F)F)cc1. The highest BCUT2D eigenvalue weighted by atomic mass is 79.9. The van der Waals surface area contributed by atoms with E-state index < -0.39 is 17.8 Å². The Morgan fingerprint density at radius 3 is 2.53 bits per heavy atom. The number of carbonyl (C=O) groups excluding carboxylic acids is 1. The number of hydrogen-bond acceptors (Lipinski definition) is 4. The molecule has 2 aromatic heterocycles. The van der Waals surface area contributed by atoms with Gasteiger partial charge in [-0.3, -0.25) is 0 Å². The minimum atomic E-state index is -4.43. The maximum Gasteiger partial charge on any atom is 0.416 e. The van der Waals surface area contributed by atoms with Crippen molar-refractivity contribution in [2.24, 2.45) is 0 Å². The Bertz CT molecular complexity index is 1330. The Labute approximate surface area is 205 Å². The number of alkyl halides is 3. The van der Waals surface area contributed by atoms with Crippen molar-refractivity contribution in [3.05, 3.63) is 75.9 Å². The second-order valence-electron chi connectivity index (χ2n) is 7.12. The summed E-state index contributed by atoms with van der Waals surface area (Å²) < 4.78 is 40.2. The van der Waals surface area contributed by atoms with Crippen LogP contribution in [0.5, 0.6) is 0 Å². The smallest absolute Gasteiger partial charge is 0.368 e. The number of fused-ring (bicyclic) bond motifs is 1. The average Bonchev–Trinajstić information content (AvgIpc) is 3.17. The first-order valence-corrected chi connectivity index (χ1v) is 11.1. The number of nitrogens with one attached hydrogen (secondary N) is 3. The van der Waals surface area contributed by atoms with E-state index in [2.05, 4.69) is 42.0 Å². The van der Waals surface area contributed by atoms with Crippen molar-refractivity contribution >= 4 is 50.7 Å². The van der Waals surface area contributed by atoms with Crippen molar-refractivity contribution in [3.63, 3.8) is 0 Å². The van der Waals surface area contributed by atoms with Crippen LogP contribution in [0.1, 0.15) is 5.56 Å². The van der Waals surface area contributed by atoms with Crippen LogP contribution >= 0.6 is 27.5 Å². The molecule has 176 valence electrons. The van der Waals surface area contributed by atoms with Crippen LogP contribution in [0.4, 0.5) is 29.5 Å². The Morgan fingerprint density at radius 1 is 1.09 bits per heavy atom. The van der Waals surface area contributed by atoms with Crippen molar-refractivity contribution in [1.29, 1.82) is 0 Å². The molecule has 2 amide bonds. The normalized spacial score (nSPS) is 11.4. The molecule has 12 heteroatoms. The molecule has 3 N–H and O–H groups in total. The van der Waals surface area contributed by atoms with Crippen LogP contribution in [0.3, 0.4) is 0 Å². The molecule has 0 saturated carbocycles. The van der Waals surface area contributed by atoms with Gasteiger partial charge in [0.25, 0.3) is 0 Å². The third-order valence-electron chi connectivity index (χ3n) is 4.77. The fourth-order valence-electron chi connectivity index (χ4n) is 3.15. The fraction of sp³-hybridized carbons (Fsp3) is 0.136. The third-order valence-corrected chi connectivity index (χ3v) is 5.65. The summed E-state index contributed by atoms with van der Waals surface area (Å²) in [7, 11) is 0. The average molecular weight is 554 g/mol. The van der Waals surface area contributed by atoms with Gasteiger partial charge in [-0.25, -0.2) is 9.78 Å². The lowest BCUT2D eigenvalue weighted by atomic mass is 10.1. The van der Waals surface area contributed by atoms with E-state index in [1.54, 1.807) is 22.8 Å². The lowest BCUT2D eigenvalue weighted by Crippen LogP contribution is -2.32. The van der Waals surface area contributed by atoms with E-state index in [-0.39, 0.29) is 12.2 Å². The van der Waals surface area contributed by atoms with Gasteiger partial charge in [0.15, 0.2) is 5.65 Å². The molecule has 0 aliphatic carbocycles. The summed E-state index contributed by atoms with van der Waals surface area (Å²) in [4.78, 5) is 16.7. The minimum Gasteiger partial charge on any atom is -0.368 e. The summed E-state index contributed by atoms with van der Waals surface area (Å²) in [6, 6.07) is 12.8. The van der Waals surface area contributed by atoms with Crippen molar-refractivity contribution in [1.82, 2.24) is 19.9 Å². The predicted molar refractivity (Wildman–Crippen MR) is 128 cm³/mol. The van der Waals surface area contributed by atoms with Gasteiger partial charge in [0.05, 0.1) is 21.9 Å². The van der Waals surface area contributed by atoms with Crippen LogP contribution in [0.15, 0.2) is 65.3 Å². The van der Waals surface area contributed by atoms with Crippen LogP contribution < -0.4 is 16.0 Å². The molecule has 0 unspecified atom stereocenters. The minimum absolute atomic E-state index is 0.236. The largest absolute Gasteiger partial charge is 0.416 e. The summed E-state index contributed by atoms with van der Waals surface area (Å²) in [5.74, 6) is 0.635. The van der Waals surface area contributed by atoms with Crippen molar-refractivity contribution in [3.8, 4) is 11.3 Å². The molecule has 0 atom stereocenters. The highest BCUT2D eigenvalue weighted by molar-refractivity contribution is 9.10. The standard InChI is InChI=1S/C22H17BrClF3N6O/c23-16-12-30-33-19(11-18(32-20(16)33)15-3-1-2-4-17(15)24)28-9-10-29-21(34)31-14-7-5-13(6-8-14)22(25,26)27/h1-8,11-12,28H,9-10H2,(H2,29,31,34). The summed E-state index contributed by atoms with van der Waals surface area (Å²) in [6.45, 7) is 0.582. The highest BCUT2D eigenvalue weighted by Gasteiger charge is 2.30. The maximum atomic E-state index is 12.6. The lowest BCUT2D eigenvalue weighted by Gasteiger charge is -2.13. The topological polar surface area (TPSA) is 83.3 Å². The molecule has 0 spiro atoms. The molecule has 0 aliphatic heterocycles. The number of aromatic nitrogens is 3. The van der Waals surface area contributed by atoms with Crippen LogP contribution in [0.25, 0.3) is 16.9 Å². The number of nitrogens with zero attached hydrogens (tertiary/aromatic N) is 3. The van der Waals surface area contributed by atoms with E-state index >= 15 is 0 Å². The Hall–Kier alpha value is -3.31. The molecule has 7 nitrogen and oxygen atoms in total. The van der Waals surface area contributed by atoms with E-state index in [0.717, 1.165) is 17.7 Å². The number of halogens is 5. The molecular formula is C22H17BrClF3N6O. The van der Waals surface area contributed by atoms with Gasteiger partial charge in [0, 0.05) is 35.4 Å². The van der Waals surface area contributed by atoms with E-state index in [1.807, 2.05) is 18.2 Å². The molecule has 0 radical (unpaired) electrons. The van der Waals surface area contributed by atoms with Gasteiger partial charge in [0.1, 0.15) is 5.82 Å². The molecule has 4 aromatic rings. The van der Waals surface area contributed by atoms with Crippen molar-refractivity contribution in [2.45, 2.75) is 6.18 Å². The first-order chi connectivity index (χ1) is 16.2. The number of benzene rings is 2. The Balaban J connectivity index is 1.39. The van der Waals surface area contributed by atoms with Crippen molar-refractivity contribution in [2.75, 3.05) is 23.7 Å². The molecular weight excluding hydrogens is 537 g/mol. The Morgan fingerprint density at radius 2 is 1.82 bits per heavy atom. The second kappa shape index (κ2) is 9.90. The zero-order chi connectivity index (χ0) is 24.3. The quantitative estimate of drug-likeness (QED) is 0.253. The number of carbonyl (C=O) groups is 1. The van der Waals surface area contributed by atoms with Gasteiger partial charge in [-0.2, -0.15) is 22.8 Å². The number of rotatable bonds is 6. The van der Waals surface area contributed by atoms with E-state index in [9.17, 15) is 18.0 Å². The molecule has 4 rings (SSSR count). The highest BCUT2D eigenvalue weighted by Crippen LogP contribution is 2.31. The van der Waals surface area contributed by atoms with Crippen molar-refractivity contribution < 1.29 is 18.0 Å². The first kappa shape index (κ1) is 23.8. The monoisotopic (exact) mass is 552 g/mol. The predicted octanol–water partition coefficient (Wildman–Crippen LogP) is 6.06. The van der Waals surface area contributed by atoms with Crippen LogP contribution in [-0.4, -0.2) is 33.7 Å². The molecule has 2 aromatic carbocycles. The Kier molecular flexibility index (Phi) is 6.94. The summed E-state index contributed by atoms with van der Waals surface area (Å²) in [6.07, 6.45) is -2.81. The van der Waals surface area contributed by atoms with E-state index in [0.29, 0.717) is 33.2 Å². The second-order valence-corrected chi connectivity index (χ2v) is 8.38. The third kappa shape index (κ3) is 5.42. The summed E-state index contributed by atoms with van der Waals surface area (Å²) in [5, 5.41) is 13.2. The lowest BCUT2D eigenvalue weighted by molar-refractivity contribution is -0.137. The zero-order valence-electron chi connectivity index (χ0n) is 17.3. The molecule has 0 bridgehead atoms. The van der Waals surface area contributed by atoms with Gasteiger partial charge < -0.3 is 16.0 Å². The van der Waals surface area contributed by atoms with E-state index in [4.69, 9.17) is 11.6 Å². The van der Waals surface area contributed by atoms with Gasteiger partial charge in [0.2, 0.25) is 0 Å². The number of amides is 2. The summed E-state index contributed by atoms with van der Waals surface area (Å²) in [5.41, 5.74) is 1.47. The van der Waals surface area contributed by atoms with Crippen LogP contribution in [0.2, 0.25) is 5.02 Å². The summed E-state index contributed by atoms with van der Waals surface area (Å²) >= 11 is 9.77. The number of hydrogen-bond donors (Lipinski definition) is 3.